The zero-order valence-electron chi connectivity index (χ0n) is 18.5. The summed E-state index contributed by atoms with van der Waals surface area (Å²) in [5.74, 6) is 0.181. The third-order valence-corrected chi connectivity index (χ3v) is 6.13. The van der Waals surface area contributed by atoms with E-state index in [2.05, 4.69) is 45.9 Å². The van der Waals surface area contributed by atoms with Gasteiger partial charge in [0, 0.05) is 43.5 Å². The summed E-state index contributed by atoms with van der Waals surface area (Å²) >= 11 is 7.49. The summed E-state index contributed by atoms with van der Waals surface area (Å²) in [5, 5.41) is 3.59. The zero-order valence-corrected chi connectivity index (χ0v) is 20.1. The third kappa shape index (κ3) is 5.34. The molecule has 0 spiro atoms. The van der Waals surface area contributed by atoms with Crippen LogP contribution in [0.25, 0.3) is 0 Å². The fourth-order valence-corrected chi connectivity index (χ4v) is 4.24. The molecule has 0 atom stereocenters. The second kappa shape index (κ2) is 9.50. The molecule has 0 aliphatic carbocycles. The number of nitrogens with two attached hydrogens (primary N) is 1. The van der Waals surface area contributed by atoms with E-state index < -0.39 is 5.91 Å². The molecular formula is C21H29ClN6O2S. The van der Waals surface area contributed by atoms with Crippen molar-refractivity contribution in [2.75, 3.05) is 49.8 Å². The molecule has 0 bridgehead atoms. The van der Waals surface area contributed by atoms with Crippen LogP contribution in [-0.2, 0) is 0 Å². The molecule has 2 aromatic rings. The molecule has 1 saturated heterocycles. The van der Waals surface area contributed by atoms with Crippen molar-refractivity contribution in [2.45, 2.75) is 31.5 Å². The van der Waals surface area contributed by atoms with Crippen LogP contribution in [0.1, 0.15) is 31.1 Å². The van der Waals surface area contributed by atoms with Crippen molar-refractivity contribution < 1.29 is 9.53 Å². The highest BCUT2D eigenvalue weighted by molar-refractivity contribution is 7.98. The number of nitrogens with one attached hydrogen (secondary N) is 1. The number of hydrogen-bond acceptors (Lipinski definition) is 8. The van der Waals surface area contributed by atoms with Gasteiger partial charge in [-0.15, -0.1) is 0 Å². The van der Waals surface area contributed by atoms with Crippen LogP contribution < -0.4 is 20.7 Å². The molecule has 1 amide bonds. The molecular weight excluding hydrogens is 436 g/mol. The molecule has 3 N–H and O–H groups in total. The standard InChI is InChI=1S/C21H29ClN6O2S/c1-21(2,3)28-10-8-27(9-11-28)13-6-7-14(15(12-13)30-4)24-19-16(18(23)29)17(22)25-20(26-19)31-5/h6-7,12H,8-11H2,1-5H3,(H2,23,29)(H,24,25,26). The van der Waals surface area contributed by atoms with Crippen molar-refractivity contribution in [3.8, 4) is 5.75 Å². The number of halogens is 1. The van der Waals surface area contributed by atoms with Crippen LogP contribution >= 0.6 is 23.4 Å². The van der Waals surface area contributed by atoms with E-state index in [1.54, 1.807) is 7.11 Å². The smallest absolute Gasteiger partial charge is 0.255 e. The number of methoxy groups -OCH3 is 1. The first-order valence-electron chi connectivity index (χ1n) is 10.0. The monoisotopic (exact) mass is 464 g/mol. The quantitative estimate of drug-likeness (QED) is 0.380. The van der Waals surface area contributed by atoms with Gasteiger partial charge >= 0.3 is 0 Å². The maximum atomic E-state index is 11.9. The van der Waals surface area contributed by atoms with Crippen molar-refractivity contribution in [3.05, 3.63) is 28.9 Å². The number of benzene rings is 1. The lowest BCUT2D eigenvalue weighted by atomic mass is 10.0. The van der Waals surface area contributed by atoms with Crippen LogP contribution in [-0.4, -0.2) is 65.9 Å². The first kappa shape index (κ1) is 23.4. The Bertz CT molecular complexity index is 958. The van der Waals surface area contributed by atoms with Crippen molar-refractivity contribution in [1.82, 2.24) is 14.9 Å². The number of ether oxygens (including phenoxy) is 1. The lowest BCUT2D eigenvalue weighted by molar-refractivity contribution is 0.100. The minimum absolute atomic E-state index is 0.0154. The molecule has 31 heavy (non-hydrogen) atoms. The number of hydrogen-bond donors (Lipinski definition) is 2. The van der Waals surface area contributed by atoms with Gasteiger partial charge in [0.15, 0.2) is 5.16 Å². The molecule has 1 aliphatic heterocycles. The highest BCUT2D eigenvalue weighted by Gasteiger charge is 2.26. The van der Waals surface area contributed by atoms with Gasteiger partial charge in [-0.3, -0.25) is 9.69 Å². The zero-order chi connectivity index (χ0) is 22.8. The Kier molecular flexibility index (Phi) is 7.18. The van der Waals surface area contributed by atoms with Crippen molar-refractivity contribution >= 4 is 46.5 Å². The Hall–Kier alpha value is -2.23. The van der Waals surface area contributed by atoms with Gasteiger partial charge in [0.2, 0.25) is 0 Å². The van der Waals surface area contributed by atoms with Gasteiger partial charge in [0.1, 0.15) is 22.3 Å². The number of amides is 1. The molecule has 0 unspecified atom stereocenters. The SMILES string of the molecule is COc1cc(N2CCN(C(C)(C)C)CC2)ccc1Nc1nc(SC)nc(Cl)c1C(N)=O. The minimum atomic E-state index is -0.701. The Morgan fingerprint density at radius 1 is 1.23 bits per heavy atom. The first-order chi connectivity index (χ1) is 14.6. The lowest BCUT2D eigenvalue weighted by Crippen LogP contribution is -2.53. The van der Waals surface area contributed by atoms with Gasteiger partial charge in [-0.2, -0.15) is 0 Å². The first-order valence-corrected chi connectivity index (χ1v) is 11.6. The molecule has 1 aromatic heterocycles. The number of aromatic nitrogens is 2. The van der Waals surface area contributed by atoms with Crippen LogP contribution in [0.5, 0.6) is 5.75 Å². The van der Waals surface area contributed by atoms with E-state index in [-0.39, 0.29) is 22.1 Å². The van der Waals surface area contributed by atoms with E-state index >= 15 is 0 Å². The highest BCUT2D eigenvalue weighted by atomic mass is 35.5. The fraction of sp³-hybridized carbons (Fsp3) is 0.476. The van der Waals surface area contributed by atoms with E-state index in [0.717, 1.165) is 31.9 Å². The van der Waals surface area contributed by atoms with Gasteiger partial charge in [-0.1, -0.05) is 23.4 Å². The van der Waals surface area contributed by atoms with Crippen molar-refractivity contribution in [3.63, 3.8) is 0 Å². The van der Waals surface area contributed by atoms with Crippen LogP contribution in [0, 0.1) is 0 Å². The molecule has 168 valence electrons. The third-order valence-electron chi connectivity index (χ3n) is 5.31. The number of rotatable bonds is 6. The molecule has 8 nitrogen and oxygen atoms in total. The number of piperazine rings is 1. The van der Waals surface area contributed by atoms with Crippen LogP contribution in [0.2, 0.25) is 5.15 Å². The van der Waals surface area contributed by atoms with E-state index in [1.807, 2.05) is 24.5 Å². The number of primary amides is 1. The highest BCUT2D eigenvalue weighted by Crippen LogP contribution is 2.34. The lowest BCUT2D eigenvalue weighted by Gasteiger charge is -2.43. The molecule has 0 saturated carbocycles. The second-order valence-electron chi connectivity index (χ2n) is 8.24. The van der Waals surface area contributed by atoms with Gasteiger partial charge < -0.3 is 20.7 Å². The molecule has 3 rings (SSSR count). The summed E-state index contributed by atoms with van der Waals surface area (Å²) in [6.07, 6.45) is 1.83. The number of thioether (sulfide) groups is 1. The van der Waals surface area contributed by atoms with E-state index in [4.69, 9.17) is 22.1 Å². The van der Waals surface area contributed by atoms with Crippen LogP contribution in [0.3, 0.4) is 0 Å². The Balaban J connectivity index is 1.85. The average Bonchev–Trinajstić information content (AvgIpc) is 2.72. The minimum Gasteiger partial charge on any atom is -0.494 e. The Labute approximate surface area is 192 Å². The van der Waals surface area contributed by atoms with Crippen LogP contribution in [0.4, 0.5) is 17.2 Å². The summed E-state index contributed by atoms with van der Waals surface area (Å²) in [4.78, 5) is 25.2. The van der Waals surface area contributed by atoms with E-state index in [1.165, 1.54) is 11.8 Å². The molecule has 1 aromatic carbocycles. The van der Waals surface area contributed by atoms with E-state index in [9.17, 15) is 4.79 Å². The normalized spacial score (nSPS) is 15.1. The van der Waals surface area contributed by atoms with Crippen molar-refractivity contribution in [2.24, 2.45) is 5.73 Å². The maximum Gasteiger partial charge on any atom is 0.255 e. The average molecular weight is 465 g/mol. The largest absolute Gasteiger partial charge is 0.494 e. The fourth-order valence-electron chi connectivity index (χ4n) is 3.56. The maximum absolute atomic E-state index is 11.9. The summed E-state index contributed by atoms with van der Waals surface area (Å²) in [6.45, 7) is 10.6. The molecule has 0 radical (unpaired) electrons. The Morgan fingerprint density at radius 3 is 2.45 bits per heavy atom. The molecule has 10 heteroatoms. The summed E-state index contributed by atoms with van der Waals surface area (Å²) in [7, 11) is 1.61. The number of anilines is 3. The second-order valence-corrected chi connectivity index (χ2v) is 9.37. The molecule has 1 aliphatic rings. The van der Waals surface area contributed by atoms with Gasteiger partial charge in [0.05, 0.1) is 12.8 Å². The van der Waals surface area contributed by atoms with Crippen molar-refractivity contribution in [1.29, 1.82) is 0 Å². The summed E-state index contributed by atoms with van der Waals surface area (Å²) in [5.41, 5.74) is 7.46. The van der Waals surface area contributed by atoms with E-state index in [0.29, 0.717) is 16.6 Å². The Morgan fingerprint density at radius 2 is 1.90 bits per heavy atom. The van der Waals surface area contributed by atoms with Gasteiger partial charge in [-0.25, -0.2) is 9.97 Å². The van der Waals surface area contributed by atoms with Gasteiger partial charge in [0.25, 0.3) is 5.91 Å². The van der Waals surface area contributed by atoms with Crippen LogP contribution in [0.15, 0.2) is 23.4 Å². The topological polar surface area (TPSA) is 96.6 Å². The predicted molar refractivity (Wildman–Crippen MR) is 127 cm³/mol. The summed E-state index contributed by atoms with van der Waals surface area (Å²) < 4.78 is 5.61. The predicted octanol–water partition coefficient (Wildman–Crippen LogP) is 3.62. The summed E-state index contributed by atoms with van der Waals surface area (Å²) in [6, 6.07) is 5.92. The molecule has 1 fully saturated rings. The van der Waals surface area contributed by atoms with Gasteiger partial charge in [-0.05, 0) is 39.2 Å². The molecule has 2 heterocycles. The number of carbonyl (C=O) groups excluding carboxylic acids is 1. The number of nitrogens with zero attached hydrogens (tertiary/aromatic N) is 4. The number of carbonyl (C=O) groups is 1.